The van der Waals surface area contributed by atoms with E-state index in [0.717, 1.165) is 43.5 Å². The van der Waals surface area contributed by atoms with Gasteiger partial charge in [0.05, 0.1) is 11.0 Å². The van der Waals surface area contributed by atoms with Gasteiger partial charge >= 0.3 is 0 Å². The van der Waals surface area contributed by atoms with Gasteiger partial charge in [0.2, 0.25) is 0 Å². The third-order valence-corrected chi connectivity index (χ3v) is 5.78. The van der Waals surface area contributed by atoms with E-state index < -0.39 is 0 Å². The standard InChI is InChI=1S/C24H32N6/c1-19-28-22-7-3-4-8-23(22)30(19)16-13-26-24(25-2)27-17-20-9-11-21(12-10-20)18-29-14-5-6-15-29/h3-4,7-12H,5-6,13-18H2,1-2H3,(H2,25,26,27). The Morgan fingerprint density at radius 2 is 1.73 bits per heavy atom. The van der Waals surface area contributed by atoms with Crippen LogP contribution in [-0.2, 0) is 19.6 Å². The molecule has 1 aromatic heterocycles. The van der Waals surface area contributed by atoms with Crippen LogP contribution in [0.15, 0.2) is 53.5 Å². The average molecular weight is 405 g/mol. The molecule has 0 atom stereocenters. The van der Waals surface area contributed by atoms with Gasteiger partial charge in [-0.2, -0.15) is 0 Å². The van der Waals surface area contributed by atoms with E-state index in [4.69, 9.17) is 0 Å². The number of aryl methyl sites for hydroxylation is 1. The van der Waals surface area contributed by atoms with Gasteiger partial charge in [0.25, 0.3) is 0 Å². The molecule has 1 aliphatic heterocycles. The van der Waals surface area contributed by atoms with Crippen molar-refractivity contribution in [2.24, 2.45) is 4.99 Å². The van der Waals surface area contributed by atoms with Crippen molar-refractivity contribution in [2.45, 2.75) is 39.4 Å². The summed E-state index contributed by atoms with van der Waals surface area (Å²) < 4.78 is 2.24. The molecule has 0 unspecified atom stereocenters. The Kier molecular flexibility index (Phi) is 6.64. The summed E-state index contributed by atoms with van der Waals surface area (Å²) in [5.41, 5.74) is 4.88. The van der Waals surface area contributed by atoms with Crippen LogP contribution in [0.4, 0.5) is 0 Å². The fourth-order valence-corrected chi connectivity index (χ4v) is 4.13. The summed E-state index contributed by atoms with van der Waals surface area (Å²) in [5.74, 6) is 1.85. The van der Waals surface area contributed by atoms with Crippen molar-refractivity contribution in [2.75, 3.05) is 26.7 Å². The molecule has 1 aliphatic rings. The first-order valence-corrected chi connectivity index (χ1v) is 10.9. The number of nitrogens with zero attached hydrogens (tertiary/aromatic N) is 4. The second kappa shape index (κ2) is 9.76. The van der Waals surface area contributed by atoms with Crippen LogP contribution >= 0.6 is 0 Å². The zero-order valence-corrected chi connectivity index (χ0v) is 18.1. The minimum Gasteiger partial charge on any atom is -0.355 e. The third-order valence-electron chi connectivity index (χ3n) is 5.78. The minimum absolute atomic E-state index is 0.761. The van der Waals surface area contributed by atoms with Crippen LogP contribution in [-0.4, -0.2) is 47.1 Å². The first kappa shape index (κ1) is 20.4. The number of guanidine groups is 1. The number of aromatic nitrogens is 2. The van der Waals surface area contributed by atoms with Crippen LogP contribution in [0.25, 0.3) is 11.0 Å². The Morgan fingerprint density at radius 1 is 1.00 bits per heavy atom. The molecule has 0 radical (unpaired) electrons. The van der Waals surface area contributed by atoms with E-state index in [1.807, 2.05) is 13.1 Å². The number of nitrogens with one attached hydrogen (secondary N) is 2. The highest BCUT2D eigenvalue weighted by Gasteiger charge is 2.11. The summed E-state index contributed by atoms with van der Waals surface area (Å²) >= 11 is 0. The van der Waals surface area contributed by atoms with Crippen molar-refractivity contribution in [3.8, 4) is 0 Å². The Hall–Kier alpha value is -2.86. The molecular weight excluding hydrogens is 372 g/mol. The van der Waals surface area contributed by atoms with Crippen molar-refractivity contribution < 1.29 is 0 Å². The molecule has 2 N–H and O–H groups in total. The van der Waals surface area contributed by atoms with Crippen LogP contribution < -0.4 is 10.6 Å². The number of aliphatic imine (C=N–C) groups is 1. The quantitative estimate of drug-likeness (QED) is 0.469. The zero-order valence-electron chi connectivity index (χ0n) is 18.1. The molecule has 2 heterocycles. The fraction of sp³-hybridized carbons (Fsp3) is 0.417. The van der Waals surface area contributed by atoms with E-state index in [0.29, 0.717) is 0 Å². The Bertz CT molecular complexity index is 983. The van der Waals surface area contributed by atoms with Gasteiger partial charge in [-0.3, -0.25) is 9.89 Å². The number of hydrogen-bond donors (Lipinski definition) is 2. The molecule has 1 fully saturated rings. The highest BCUT2D eigenvalue weighted by molar-refractivity contribution is 5.79. The average Bonchev–Trinajstić information content (AvgIpc) is 3.39. The number of likely N-dealkylation sites (tertiary alicyclic amines) is 1. The fourth-order valence-electron chi connectivity index (χ4n) is 4.13. The highest BCUT2D eigenvalue weighted by atomic mass is 15.2. The van der Waals surface area contributed by atoms with Gasteiger partial charge in [-0.1, -0.05) is 36.4 Å². The Morgan fingerprint density at radius 3 is 2.50 bits per heavy atom. The lowest BCUT2D eigenvalue weighted by molar-refractivity contribution is 0.331. The number of rotatable bonds is 7. The normalized spacial score (nSPS) is 15.1. The largest absolute Gasteiger partial charge is 0.355 e. The predicted molar refractivity (Wildman–Crippen MR) is 124 cm³/mol. The van der Waals surface area contributed by atoms with Gasteiger partial charge in [0, 0.05) is 33.2 Å². The van der Waals surface area contributed by atoms with Gasteiger partial charge in [-0.25, -0.2) is 4.98 Å². The molecule has 0 spiro atoms. The maximum absolute atomic E-state index is 4.63. The van der Waals surface area contributed by atoms with Crippen LogP contribution in [0.3, 0.4) is 0 Å². The highest BCUT2D eigenvalue weighted by Crippen LogP contribution is 2.15. The minimum atomic E-state index is 0.761. The maximum Gasteiger partial charge on any atom is 0.191 e. The van der Waals surface area contributed by atoms with Gasteiger partial charge in [0.1, 0.15) is 5.82 Å². The number of hydrogen-bond acceptors (Lipinski definition) is 3. The molecule has 0 bridgehead atoms. The van der Waals surface area contributed by atoms with Crippen molar-refractivity contribution >= 4 is 17.0 Å². The lowest BCUT2D eigenvalue weighted by Crippen LogP contribution is -2.38. The second-order valence-corrected chi connectivity index (χ2v) is 7.95. The van der Waals surface area contributed by atoms with Crippen molar-refractivity contribution in [1.29, 1.82) is 0 Å². The molecule has 0 saturated carbocycles. The van der Waals surface area contributed by atoms with Gasteiger partial charge in [-0.15, -0.1) is 0 Å². The Balaban J connectivity index is 1.25. The van der Waals surface area contributed by atoms with E-state index in [1.165, 1.54) is 42.6 Å². The van der Waals surface area contributed by atoms with E-state index in [-0.39, 0.29) is 0 Å². The number of benzene rings is 2. The predicted octanol–water partition coefficient (Wildman–Crippen LogP) is 3.31. The molecule has 6 nitrogen and oxygen atoms in total. The second-order valence-electron chi connectivity index (χ2n) is 7.95. The van der Waals surface area contributed by atoms with Gasteiger partial charge in [0.15, 0.2) is 5.96 Å². The number of imidazole rings is 1. The summed E-state index contributed by atoms with van der Waals surface area (Å²) in [7, 11) is 1.81. The summed E-state index contributed by atoms with van der Waals surface area (Å²) in [6.45, 7) is 7.99. The molecule has 2 aromatic carbocycles. The van der Waals surface area contributed by atoms with Crippen LogP contribution in [0.2, 0.25) is 0 Å². The summed E-state index contributed by atoms with van der Waals surface area (Å²) in [5, 5.41) is 6.83. The smallest absolute Gasteiger partial charge is 0.191 e. The van der Waals surface area contributed by atoms with Crippen LogP contribution in [0.5, 0.6) is 0 Å². The maximum atomic E-state index is 4.63. The van der Waals surface area contributed by atoms with Crippen LogP contribution in [0.1, 0.15) is 29.8 Å². The lowest BCUT2D eigenvalue weighted by Gasteiger charge is -2.15. The molecule has 30 heavy (non-hydrogen) atoms. The zero-order chi connectivity index (χ0) is 20.8. The molecular formula is C24H32N6. The third kappa shape index (κ3) is 5.00. The SMILES string of the molecule is CN=C(NCCn1c(C)nc2ccccc21)NCc1ccc(CN2CCCC2)cc1. The van der Waals surface area contributed by atoms with Gasteiger partial charge < -0.3 is 15.2 Å². The van der Waals surface area contributed by atoms with Crippen molar-refractivity contribution in [3.63, 3.8) is 0 Å². The number of para-hydroxylation sites is 2. The molecule has 0 amide bonds. The molecule has 4 rings (SSSR count). The molecule has 1 saturated heterocycles. The number of fused-ring (bicyclic) bond motifs is 1. The summed E-state index contributed by atoms with van der Waals surface area (Å²) in [4.78, 5) is 11.5. The molecule has 3 aromatic rings. The van der Waals surface area contributed by atoms with Crippen LogP contribution in [0, 0.1) is 6.92 Å². The molecule has 6 heteroatoms. The van der Waals surface area contributed by atoms with E-state index in [1.54, 1.807) is 0 Å². The summed E-state index contributed by atoms with van der Waals surface area (Å²) in [6.07, 6.45) is 2.68. The molecule has 158 valence electrons. The first-order chi connectivity index (χ1) is 14.7. The lowest BCUT2D eigenvalue weighted by atomic mass is 10.1. The van der Waals surface area contributed by atoms with Crippen molar-refractivity contribution in [3.05, 3.63) is 65.5 Å². The van der Waals surface area contributed by atoms with E-state index in [9.17, 15) is 0 Å². The van der Waals surface area contributed by atoms with Crippen molar-refractivity contribution in [1.82, 2.24) is 25.1 Å². The monoisotopic (exact) mass is 404 g/mol. The Labute approximate surface area is 179 Å². The van der Waals surface area contributed by atoms with E-state index >= 15 is 0 Å². The van der Waals surface area contributed by atoms with E-state index in [2.05, 4.69) is 79.5 Å². The molecule has 0 aliphatic carbocycles. The summed E-state index contributed by atoms with van der Waals surface area (Å²) in [6, 6.07) is 17.2. The van der Waals surface area contributed by atoms with Gasteiger partial charge in [-0.05, 0) is 56.1 Å². The first-order valence-electron chi connectivity index (χ1n) is 10.9. The topological polar surface area (TPSA) is 57.5 Å².